The van der Waals surface area contributed by atoms with Crippen LogP contribution in [0.2, 0.25) is 0 Å². The molecule has 1 N–H and O–H groups in total. The van der Waals surface area contributed by atoms with E-state index < -0.39 is 0 Å². The molecule has 0 bridgehead atoms. The standard InChI is InChI=1S/C10H18Cl2O/c1-4-9(2,3)5-10(6-11,7-12)8-13/h4,13H,1,5-8H2,2-3H3. The Morgan fingerprint density at radius 2 is 1.77 bits per heavy atom. The quantitative estimate of drug-likeness (QED) is 0.544. The van der Waals surface area contributed by atoms with Gasteiger partial charge < -0.3 is 5.11 Å². The maximum atomic E-state index is 9.23. The van der Waals surface area contributed by atoms with Crippen molar-refractivity contribution in [2.45, 2.75) is 20.3 Å². The molecule has 0 rings (SSSR count). The maximum absolute atomic E-state index is 9.23. The molecule has 0 aliphatic rings. The summed E-state index contributed by atoms with van der Waals surface area (Å²) >= 11 is 11.6. The lowest BCUT2D eigenvalue weighted by Crippen LogP contribution is -2.34. The molecule has 0 spiro atoms. The highest BCUT2D eigenvalue weighted by Crippen LogP contribution is 2.36. The number of hydrogen-bond acceptors (Lipinski definition) is 1. The summed E-state index contributed by atoms with van der Waals surface area (Å²) < 4.78 is 0. The first-order valence-electron chi connectivity index (χ1n) is 4.32. The molecule has 0 saturated heterocycles. The van der Waals surface area contributed by atoms with Crippen molar-refractivity contribution in [1.82, 2.24) is 0 Å². The predicted molar refractivity (Wildman–Crippen MR) is 59.6 cm³/mol. The second-order valence-corrected chi connectivity index (χ2v) is 4.83. The van der Waals surface area contributed by atoms with Crippen LogP contribution >= 0.6 is 23.2 Å². The molecule has 0 aromatic heterocycles. The van der Waals surface area contributed by atoms with Gasteiger partial charge in [0, 0.05) is 17.2 Å². The average Bonchev–Trinajstić information content (AvgIpc) is 2.14. The fraction of sp³-hybridized carbons (Fsp3) is 0.800. The van der Waals surface area contributed by atoms with Crippen LogP contribution in [-0.4, -0.2) is 23.5 Å². The third-order valence-electron chi connectivity index (χ3n) is 2.29. The summed E-state index contributed by atoms with van der Waals surface area (Å²) in [7, 11) is 0. The van der Waals surface area contributed by atoms with Gasteiger partial charge in [-0.15, -0.1) is 29.8 Å². The molecule has 0 aromatic carbocycles. The van der Waals surface area contributed by atoms with Gasteiger partial charge in [0.25, 0.3) is 0 Å². The van der Waals surface area contributed by atoms with Gasteiger partial charge in [-0.2, -0.15) is 0 Å². The number of alkyl halides is 2. The van der Waals surface area contributed by atoms with Gasteiger partial charge >= 0.3 is 0 Å². The summed E-state index contributed by atoms with van der Waals surface area (Å²) in [5, 5.41) is 9.23. The van der Waals surface area contributed by atoms with Crippen molar-refractivity contribution in [3.63, 3.8) is 0 Å². The van der Waals surface area contributed by atoms with Crippen molar-refractivity contribution in [1.29, 1.82) is 0 Å². The van der Waals surface area contributed by atoms with Crippen LogP contribution in [0.25, 0.3) is 0 Å². The van der Waals surface area contributed by atoms with Crippen LogP contribution in [0.3, 0.4) is 0 Å². The average molecular weight is 225 g/mol. The Balaban J connectivity index is 4.50. The zero-order chi connectivity index (χ0) is 10.5. The van der Waals surface area contributed by atoms with Crippen molar-refractivity contribution in [2.75, 3.05) is 18.4 Å². The van der Waals surface area contributed by atoms with Crippen molar-refractivity contribution >= 4 is 23.2 Å². The van der Waals surface area contributed by atoms with Crippen LogP contribution in [0.4, 0.5) is 0 Å². The van der Waals surface area contributed by atoms with Crippen LogP contribution in [0.1, 0.15) is 20.3 Å². The van der Waals surface area contributed by atoms with Gasteiger partial charge in [-0.05, 0) is 11.8 Å². The molecule has 78 valence electrons. The molecule has 0 atom stereocenters. The van der Waals surface area contributed by atoms with Crippen LogP contribution in [0.15, 0.2) is 12.7 Å². The van der Waals surface area contributed by atoms with Gasteiger partial charge in [-0.1, -0.05) is 19.9 Å². The fourth-order valence-electron chi connectivity index (χ4n) is 1.31. The first-order chi connectivity index (χ1) is 5.95. The van der Waals surface area contributed by atoms with Gasteiger partial charge in [0.05, 0.1) is 6.61 Å². The van der Waals surface area contributed by atoms with Gasteiger partial charge in [0.2, 0.25) is 0 Å². The van der Waals surface area contributed by atoms with Crippen molar-refractivity contribution in [3.8, 4) is 0 Å². The van der Waals surface area contributed by atoms with Crippen molar-refractivity contribution in [2.24, 2.45) is 10.8 Å². The molecule has 3 heteroatoms. The largest absolute Gasteiger partial charge is 0.396 e. The van der Waals surface area contributed by atoms with E-state index in [0.717, 1.165) is 6.42 Å². The third-order valence-corrected chi connectivity index (χ3v) is 3.42. The highest BCUT2D eigenvalue weighted by molar-refractivity contribution is 6.21. The Labute approximate surface area is 90.7 Å². The first kappa shape index (κ1) is 13.3. The fourth-order valence-corrected chi connectivity index (χ4v) is 1.95. The summed E-state index contributed by atoms with van der Waals surface area (Å²) in [4.78, 5) is 0. The zero-order valence-electron chi connectivity index (χ0n) is 8.32. The van der Waals surface area contributed by atoms with Crippen LogP contribution in [-0.2, 0) is 0 Å². The summed E-state index contributed by atoms with van der Waals surface area (Å²) in [5.74, 6) is 0.758. The minimum Gasteiger partial charge on any atom is -0.396 e. The smallest absolute Gasteiger partial charge is 0.0510 e. The Hall–Kier alpha value is 0.280. The van der Waals surface area contributed by atoms with E-state index >= 15 is 0 Å². The van der Waals surface area contributed by atoms with Crippen molar-refractivity contribution < 1.29 is 5.11 Å². The molecule has 0 unspecified atom stereocenters. The molecular formula is C10H18Cl2O. The van der Waals surface area contributed by atoms with Crippen molar-refractivity contribution in [3.05, 3.63) is 12.7 Å². The lowest BCUT2D eigenvalue weighted by Gasteiger charge is -2.34. The summed E-state index contributed by atoms with van der Waals surface area (Å²) in [6.07, 6.45) is 2.63. The predicted octanol–water partition coefficient (Wildman–Crippen LogP) is 3.05. The Morgan fingerprint density at radius 3 is 2.00 bits per heavy atom. The monoisotopic (exact) mass is 224 g/mol. The van der Waals surface area contributed by atoms with Gasteiger partial charge in [-0.25, -0.2) is 0 Å². The normalized spacial score (nSPS) is 13.0. The molecule has 1 nitrogen and oxygen atoms in total. The number of hydrogen-bond donors (Lipinski definition) is 1. The van der Waals surface area contributed by atoms with E-state index in [0.29, 0.717) is 11.8 Å². The Bertz CT molecular complexity index is 154. The van der Waals surface area contributed by atoms with E-state index in [2.05, 4.69) is 20.4 Å². The van der Waals surface area contributed by atoms with Gasteiger partial charge in [0.1, 0.15) is 0 Å². The molecule has 0 amide bonds. The van der Waals surface area contributed by atoms with E-state index in [1.807, 2.05) is 6.08 Å². The second-order valence-electron chi connectivity index (χ2n) is 4.29. The van der Waals surface area contributed by atoms with E-state index in [-0.39, 0.29) is 17.4 Å². The lowest BCUT2D eigenvalue weighted by molar-refractivity contribution is 0.125. The Morgan fingerprint density at radius 1 is 1.31 bits per heavy atom. The number of halogens is 2. The first-order valence-corrected chi connectivity index (χ1v) is 5.38. The molecular weight excluding hydrogens is 207 g/mol. The van der Waals surface area contributed by atoms with E-state index in [4.69, 9.17) is 23.2 Å². The number of aliphatic hydroxyl groups excluding tert-OH is 1. The second kappa shape index (κ2) is 5.23. The Kier molecular flexibility index (Phi) is 5.35. The molecule has 0 radical (unpaired) electrons. The van der Waals surface area contributed by atoms with Crippen LogP contribution < -0.4 is 0 Å². The number of aliphatic hydroxyl groups is 1. The summed E-state index contributed by atoms with van der Waals surface area (Å²) in [6.45, 7) is 7.89. The third kappa shape index (κ3) is 3.88. The molecule has 13 heavy (non-hydrogen) atoms. The SMILES string of the molecule is C=CC(C)(C)CC(CO)(CCl)CCl. The van der Waals surface area contributed by atoms with Gasteiger partial charge in [0.15, 0.2) is 0 Å². The number of rotatable bonds is 6. The minimum absolute atomic E-state index is 0.0251. The number of allylic oxidation sites excluding steroid dienone is 1. The molecule has 0 aliphatic carbocycles. The molecule has 0 fully saturated rings. The van der Waals surface area contributed by atoms with E-state index in [1.54, 1.807) is 0 Å². The highest BCUT2D eigenvalue weighted by atomic mass is 35.5. The topological polar surface area (TPSA) is 20.2 Å². The minimum atomic E-state index is -0.374. The van der Waals surface area contributed by atoms with E-state index in [1.165, 1.54) is 0 Å². The summed E-state index contributed by atoms with van der Waals surface area (Å²) in [6, 6.07) is 0. The molecule has 0 aromatic rings. The van der Waals surface area contributed by atoms with E-state index in [9.17, 15) is 5.11 Å². The van der Waals surface area contributed by atoms with Crippen LogP contribution in [0.5, 0.6) is 0 Å². The van der Waals surface area contributed by atoms with Crippen LogP contribution in [0, 0.1) is 10.8 Å². The van der Waals surface area contributed by atoms with Gasteiger partial charge in [-0.3, -0.25) is 0 Å². The molecule has 0 heterocycles. The maximum Gasteiger partial charge on any atom is 0.0510 e. The summed E-state index contributed by atoms with van der Waals surface area (Å²) in [5.41, 5.74) is -0.409. The molecule has 0 saturated carbocycles. The zero-order valence-corrected chi connectivity index (χ0v) is 9.83. The lowest BCUT2D eigenvalue weighted by atomic mass is 9.75. The molecule has 0 aliphatic heterocycles. The highest BCUT2D eigenvalue weighted by Gasteiger charge is 2.33.